The number of hydrogen-bond acceptors (Lipinski definition) is 4. The van der Waals surface area contributed by atoms with E-state index >= 15 is 0 Å². The standard InChI is InChI=1S/C17H20N4/c1-20-8-7-13(11-20)12-21(2)17-15(10-18)9-14-5-3-4-6-16(14)19-17/h3-6,9,13H,7-8,11-12H2,1-2H3. The number of nitrogens with zero attached hydrogens (tertiary/aromatic N) is 4. The molecule has 0 bridgehead atoms. The molecule has 0 aliphatic carbocycles. The van der Waals surface area contributed by atoms with Gasteiger partial charge in [0.15, 0.2) is 0 Å². The van der Waals surface area contributed by atoms with Gasteiger partial charge >= 0.3 is 0 Å². The van der Waals surface area contributed by atoms with Crippen LogP contribution in [0.1, 0.15) is 12.0 Å². The summed E-state index contributed by atoms with van der Waals surface area (Å²) in [5.41, 5.74) is 1.60. The minimum atomic E-state index is 0.653. The zero-order valence-electron chi connectivity index (χ0n) is 12.6. The molecule has 4 heteroatoms. The molecule has 0 N–H and O–H groups in total. The maximum absolute atomic E-state index is 9.40. The molecule has 1 atom stereocenters. The van der Waals surface area contributed by atoms with E-state index in [1.807, 2.05) is 37.4 Å². The predicted octanol–water partition coefficient (Wildman–Crippen LogP) is 2.49. The molecule has 1 aliphatic rings. The van der Waals surface area contributed by atoms with Gasteiger partial charge in [0.1, 0.15) is 11.9 Å². The zero-order valence-corrected chi connectivity index (χ0v) is 12.6. The van der Waals surface area contributed by atoms with Gasteiger partial charge in [-0.1, -0.05) is 18.2 Å². The molecule has 1 saturated heterocycles. The minimum absolute atomic E-state index is 0.653. The monoisotopic (exact) mass is 280 g/mol. The first-order chi connectivity index (χ1) is 10.2. The molecule has 1 aromatic heterocycles. The van der Waals surface area contributed by atoms with E-state index in [1.165, 1.54) is 6.42 Å². The lowest BCUT2D eigenvalue weighted by Crippen LogP contribution is -2.28. The van der Waals surface area contributed by atoms with Crippen LogP contribution < -0.4 is 4.90 Å². The van der Waals surface area contributed by atoms with E-state index in [9.17, 15) is 5.26 Å². The number of aromatic nitrogens is 1. The first-order valence-electron chi connectivity index (χ1n) is 7.37. The number of anilines is 1. The molecule has 2 heterocycles. The fraction of sp³-hybridized carbons (Fsp3) is 0.412. The largest absolute Gasteiger partial charge is 0.358 e. The molecule has 1 aromatic carbocycles. The van der Waals surface area contributed by atoms with Crippen LogP contribution in [0.25, 0.3) is 10.9 Å². The van der Waals surface area contributed by atoms with E-state index in [2.05, 4.69) is 22.9 Å². The average Bonchev–Trinajstić information content (AvgIpc) is 2.90. The van der Waals surface area contributed by atoms with Crippen molar-refractivity contribution < 1.29 is 0 Å². The first-order valence-corrected chi connectivity index (χ1v) is 7.37. The first kappa shape index (κ1) is 13.8. The summed E-state index contributed by atoms with van der Waals surface area (Å²) in [5.74, 6) is 1.45. The second-order valence-electron chi connectivity index (χ2n) is 5.96. The molecule has 4 nitrogen and oxygen atoms in total. The van der Waals surface area contributed by atoms with Gasteiger partial charge in [-0.2, -0.15) is 5.26 Å². The molecule has 2 aromatic rings. The number of rotatable bonds is 3. The molecule has 0 amide bonds. The summed E-state index contributed by atoms with van der Waals surface area (Å²) in [5, 5.41) is 10.4. The van der Waals surface area contributed by atoms with Crippen molar-refractivity contribution in [2.45, 2.75) is 6.42 Å². The van der Waals surface area contributed by atoms with Crippen molar-refractivity contribution in [2.24, 2.45) is 5.92 Å². The number of likely N-dealkylation sites (tertiary alicyclic amines) is 1. The third-order valence-corrected chi connectivity index (χ3v) is 4.21. The van der Waals surface area contributed by atoms with Gasteiger partial charge in [0.05, 0.1) is 11.1 Å². The fourth-order valence-corrected chi connectivity index (χ4v) is 3.13. The number of pyridine rings is 1. The van der Waals surface area contributed by atoms with Crippen LogP contribution in [-0.4, -0.2) is 43.6 Å². The average molecular weight is 280 g/mol. The highest BCUT2D eigenvalue weighted by atomic mass is 15.2. The number of benzene rings is 1. The van der Waals surface area contributed by atoms with Crippen LogP contribution in [0.2, 0.25) is 0 Å². The van der Waals surface area contributed by atoms with Crippen LogP contribution in [0.5, 0.6) is 0 Å². The molecule has 1 fully saturated rings. The van der Waals surface area contributed by atoms with Gasteiger partial charge < -0.3 is 9.80 Å². The summed E-state index contributed by atoms with van der Waals surface area (Å²) in [6.07, 6.45) is 1.22. The maximum Gasteiger partial charge on any atom is 0.147 e. The van der Waals surface area contributed by atoms with Crippen molar-refractivity contribution in [1.82, 2.24) is 9.88 Å². The molecular formula is C17H20N4. The predicted molar refractivity (Wildman–Crippen MR) is 85.3 cm³/mol. The third kappa shape index (κ3) is 2.84. The lowest BCUT2D eigenvalue weighted by atomic mass is 10.1. The van der Waals surface area contributed by atoms with Gasteiger partial charge in [0, 0.05) is 25.5 Å². The Bertz CT molecular complexity index is 689. The maximum atomic E-state index is 9.40. The van der Waals surface area contributed by atoms with Crippen LogP contribution in [-0.2, 0) is 0 Å². The van der Waals surface area contributed by atoms with E-state index in [-0.39, 0.29) is 0 Å². The third-order valence-electron chi connectivity index (χ3n) is 4.21. The summed E-state index contributed by atoms with van der Waals surface area (Å²) in [6.45, 7) is 3.24. The van der Waals surface area contributed by atoms with Gasteiger partial charge in [-0.05, 0) is 38.1 Å². The molecule has 1 aliphatic heterocycles. The molecule has 108 valence electrons. The van der Waals surface area contributed by atoms with Crippen molar-refractivity contribution in [2.75, 3.05) is 38.6 Å². The Morgan fingerprint density at radius 3 is 2.95 bits per heavy atom. The zero-order chi connectivity index (χ0) is 14.8. The molecule has 0 radical (unpaired) electrons. The Kier molecular flexibility index (Phi) is 3.76. The SMILES string of the molecule is CN1CCC(CN(C)c2nc3ccccc3cc2C#N)C1. The van der Waals surface area contributed by atoms with Gasteiger partial charge in [-0.15, -0.1) is 0 Å². The van der Waals surface area contributed by atoms with Crippen LogP contribution in [0, 0.1) is 17.2 Å². The summed E-state index contributed by atoms with van der Waals surface area (Å²) < 4.78 is 0. The highest BCUT2D eigenvalue weighted by Gasteiger charge is 2.22. The molecular weight excluding hydrogens is 260 g/mol. The van der Waals surface area contributed by atoms with Crippen LogP contribution >= 0.6 is 0 Å². The van der Waals surface area contributed by atoms with E-state index < -0.39 is 0 Å². The summed E-state index contributed by atoms with van der Waals surface area (Å²) >= 11 is 0. The van der Waals surface area contributed by atoms with Crippen LogP contribution in [0.15, 0.2) is 30.3 Å². The summed E-state index contributed by atoms with van der Waals surface area (Å²) in [4.78, 5) is 9.19. The number of nitriles is 1. The van der Waals surface area contributed by atoms with E-state index in [0.717, 1.165) is 36.4 Å². The second kappa shape index (κ2) is 5.71. The topological polar surface area (TPSA) is 43.2 Å². The summed E-state index contributed by atoms with van der Waals surface area (Å²) in [6, 6.07) is 12.2. The van der Waals surface area contributed by atoms with E-state index in [0.29, 0.717) is 11.5 Å². The molecule has 0 saturated carbocycles. The minimum Gasteiger partial charge on any atom is -0.358 e. The van der Waals surface area contributed by atoms with Gasteiger partial charge in [-0.3, -0.25) is 0 Å². The fourth-order valence-electron chi connectivity index (χ4n) is 3.13. The molecule has 21 heavy (non-hydrogen) atoms. The summed E-state index contributed by atoms with van der Waals surface area (Å²) in [7, 11) is 4.20. The highest BCUT2D eigenvalue weighted by Crippen LogP contribution is 2.24. The Morgan fingerprint density at radius 2 is 2.24 bits per heavy atom. The van der Waals surface area contributed by atoms with Crippen molar-refractivity contribution >= 4 is 16.7 Å². The molecule has 3 rings (SSSR count). The van der Waals surface area contributed by atoms with Crippen molar-refractivity contribution in [1.29, 1.82) is 5.26 Å². The van der Waals surface area contributed by atoms with Crippen molar-refractivity contribution in [3.8, 4) is 6.07 Å². The Balaban J connectivity index is 1.89. The number of hydrogen-bond donors (Lipinski definition) is 0. The van der Waals surface area contributed by atoms with Gasteiger partial charge in [0.2, 0.25) is 0 Å². The lowest BCUT2D eigenvalue weighted by molar-refractivity contribution is 0.395. The molecule has 1 unspecified atom stereocenters. The molecule has 0 spiro atoms. The van der Waals surface area contributed by atoms with E-state index in [4.69, 9.17) is 4.98 Å². The van der Waals surface area contributed by atoms with Crippen LogP contribution in [0.3, 0.4) is 0 Å². The normalized spacial score (nSPS) is 18.8. The van der Waals surface area contributed by atoms with Gasteiger partial charge in [0.25, 0.3) is 0 Å². The highest BCUT2D eigenvalue weighted by molar-refractivity contribution is 5.83. The Labute approximate surface area is 125 Å². The smallest absolute Gasteiger partial charge is 0.147 e. The van der Waals surface area contributed by atoms with Crippen molar-refractivity contribution in [3.05, 3.63) is 35.9 Å². The van der Waals surface area contributed by atoms with E-state index in [1.54, 1.807) is 0 Å². The Morgan fingerprint density at radius 1 is 1.43 bits per heavy atom. The van der Waals surface area contributed by atoms with Crippen molar-refractivity contribution in [3.63, 3.8) is 0 Å². The quantitative estimate of drug-likeness (QED) is 0.866. The van der Waals surface area contributed by atoms with Gasteiger partial charge in [-0.25, -0.2) is 4.98 Å². The second-order valence-corrected chi connectivity index (χ2v) is 5.96. The Hall–Kier alpha value is -2.12. The number of para-hydroxylation sites is 1. The number of fused-ring (bicyclic) bond motifs is 1. The van der Waals surface area contributed by atoms with Crippen LogP contribution in [0.4, 0.5) is 5.82 Å². The lowest BCUT2D eigenvalue weighted by Gasteiger charge is -2.23.